The molecule has 6 heteroatoms. The van der Waals surface area contributed by atoms with Crippen LogP contribution in [0.4, 0.5) is 16.3 Å². The number of carbonyl (C=O) groups excluding carboxylic acids is 1. The maximum absolute atomic E-state index is 12.2. The molecule has 0 bridgehead atoms. The van der Waals surface area contributed by atoms with E-state index >= 15 is 0 Å². The number of urea groups is 1. The molecule has 0 unspecified atom stereocenters. The molecule has 2 rings (SSSR count). The molecule has 22 heavy (non-hydrogen) atoms. The van der Waals surface area contributed by atoms with E-state index in [4.69, 9.17) is 9.26 Å². The number of hydrogen-bond donors (Lipinski definition) is 1. The van der Waals surface area contributed by atoms with Gasteiger partial charge in [0.25, 0.3) is 0 Å². The van der Waals surface area contributed by atoms with E-state index in [9.17, 15) is 4.79 Å². The fraction of sp³-hybridized carbons (Fsp3) is 0.375. The van der Waals surface area contributed by atoms with Gasteiger partial charge >= 0.3 is 6.03 Å². The molecule has 1 N–H and O–H groups in total. The molecule has 6 nitrogen and oxygen atoms in total. The van der Waals surface area contributed by atoms with Crippen LogP contribution in [-0.4, -0.2) is 25.3 Å². The second-order valence-electron chi connectivity index (χ2n) is 6.02. The SMILES string of the molecule is COc1ccc(NC(=O)N(C)c2cc(C(C)(C)C)on2)cc1. The van der Waals surface area contributed by atoms with Gasteiger partial charge in [0.1, 0.15) is 11.5 Å². The summed E-state index contributed by atoms with van der Waals surface area (Å²) in [5.74, 6) is 1.93. The molecule has 0 aliphatic rings. The molecule has 2 aromatic rings. The van der Waals surface area contributed by atoms with Gasteiger partial charge in [0, 0.05) is 24.2 Å². The van der Waals surface area contributed by atoms with Crippen LogP contribution in [0.25, 0.3) is 0 Å². The lowest BCUT2D eigenvalue weighted by atomic mass is 9.93. The second kappa shape index (κ2) is 6.09. The molecule has 0 aliphatic carbocycles. The third-order valence-electron chi connectivity index (χ3n) is 3.23. The van der Waals surface area contributed by atoms with Crippen molar-refractivity contribution in [2.75, 3.05) is 24.4 Å². The summed E-state index contributed by atoms with van der Waals surface area (Å²) in [4.78, 5) is 13.6. The van der Waals surface area contributed by atoms with Gasteiger partial charge < -0.3 is 14.6 Å². The monoisotopic (exact) mass is 303 g/mol. The number of methoxy groups -OCH3 is 1. The molecule has 0 saturated heterocycles. The summed E-state index contributed by atoms with van der Waals surface area (Å²) in [5, 5.41) is 6.73. The summed E-state index contributed by atoms with van der Waals surface area (Å²) < 4.78 is 10.4. The molecule has 0 atom stereocenters. The molecule has 1 heterocycles. The van der Waals surface area contributed by atoms with Gasteiger partial charge in [0.2, 0.25) is 0 Å². The molecule has 0 spiro atoms. The van der Waals surface area contributed by atoms with Crippen LogP contribution in [0.3, 0.4) is 0 Å². The molecular formula is C16H21N3O3. The Balaban J connectivity index is 2.06. The van der Waals surface area contributed by atoms with E-state index in [0.29, 0.717) is 11.5 Å². The van der Waals surface area contributed by atoms with Crippen LogP contribution in [0.2, 0.25) is 0 Å². The predicted octanol–water partition coefficient (Wildman–Crippen LogP) is 3.65. The van der Waals surface area contributed by atoms with Gasteiger partial charge in [-0.3, -0.25) is 4.90 Å². The van der Waals surface area contributed by atoms with E-state index in [1.165, 1.54) is 4.90 Å². The maximum atomic E-state index is 12.2. The van der Waals surface area contributed by atoms with Crippen molar-refractivity contribution in [2.45, 2.75) is 26.2 Å². The highest BCUT2D eigenvalue weighted by Crippen LogP contribution is 2.26. The van der Waals surface area contributed by atoms with E-state index in [1.807, 2.05) is 20.8 Å². The summed E-state index contributed by atoms with van der Waals surface area (Å²) in [6.45, 7) is 6.07. The minimum absolute atomic E-state index is 0.154. The van der Waals surface area contributed by atoms with Crippen molar-refractivity contribution < 1.29 is 14.1 Å². The van der Waals surface area contributed by atoms with Crippen molar-refractivity contribution in [3.8, 4) is 5.75 Å². The zero-order valence-corrected chi connectivity index (χ0v) is 13.5. The lowest BCUT2D eigenvalue weighted by molar-refractivity contribution is 0.257. The first kappa shape index (κ1) is 15.9. The molecule has 0 radical (unpaired) electrons. The number of benzene rings is 1. The zero-order chi connectivity index (χ0) is 16.3. The number of carbonyl (C=O) groups is 1. The Bertz CT molecular complexity index is 641. The lowest BCUT2D eigenvalue weighted by Gasteiger charge is -2.15. The quantitative estimate of drug-likeness (QED) is 0.939. The van der Waals surface area contributed by atoms with Crippen LogP contribution in [0.15, 0.2) is 34.9 Å². The van der Waals surface area contributed by atoms with E-state index in [2.05, 4.69) is 10.5 Å². The van der Waals surface area contributed by atoms with Crippen LogP contribution in [0.5, 0.6) is 5.75 Å². The zero-order valence-electron chi connectivity index (χ0n) is 13.5. The summed E-state index contributed by atoms with van der Waals surface area (Å²) in [7, 11) is 3.24. The number of hydrogen-bond acceptors (Lipinski definition) is 4. The highest BCUT2D eigenvalue weighted by Gasteiger charge is 2.22. The molecule has 0 saturated carbocycles. The Hall–Kier alpha value is -2.50. The maximum Gasteiger partial charge on any atom is 0.327 e. The van der Waals surface area contributed by atoms with Crippen LogP contribution in [-0.2, 0) is 5.41 Å². The third-order valence-corrected chi connectivity index (χ3v) is 3.23. The average molecular weight is 303 g/mol. The number of nitrogens with one attached hydrogen (secondary N) is 1. The van der Waals surface area contributed by atoms with Crippen LogP contribution in [0.1, 0.15) is 26.5 Å². The van der Waals surface area contributed by atoms with Crippen molar-refractivity contribution in [1.29, 1.82) is 0 Å². The largest absolute Gasteiger partial charge is 0.497 e. The summed E-state index contributed by atoms with van der Waals surface area (Å²) >= 11 is 0. The van der Waals surface area contributed by atoms with Crippen LogP contribution < -0.4 is 15.0 Å². The minimum atomic E-state index is -0.293. The minimum Gasteiger partial charge on any atom is -0.497 e. The first-order chi connectivity index (χ1) is 10.3. The van der Waals surface area contributed by atoms with Gasteiger partial charge in [-0.1, -0.05) is 25.9 Å². The van der Waals surface area contributed by atoms with Crippen molar-refractivity contribution in [3.05, 3.63) is 36.1 Å². The fourth-order valence-corrected chi connectivity index (χ4v) is 1.76. The van der Waals surface area contributed by atoms with Crippen LogP contribution >= 0.6 is 0 Å². The first-order valence-corrected chi connectivity index (χ1v) is 6.97. The highest BCUT2D eigenvalue weighted by atomic mass is 16.5. The number of amides is 2. The highest BCUT2D eigenvalue weighted by molar-refractivity contribution is 6.00. The van der Waals surface area contributed by atoms with Crippen molar-refractivity contribution in [2.24, 2.45) is 0 Å². The standard InChI is InChI=1S/C16H21N3O3/c1-16(2,3)13-10-14(18-22-13)19(4)15(20)17-11-6-8-12(21-5)9-7-11/h6-10H,1-5H3,(H,17,20). The predicted molar refractivity (Wildman–Crippen MR) is 85.6 cm³/mol. The Labute approximate surface area is 130 Å². The van der Waals surface area contributed by atoms with E-state index in [-0.39, 0.29) is 11.4 Å². The van der Waals surface area contributed by atoms with Gasteiger partial charge in [-0.25, -0.2) is 4.79 Å². The molecule has 0 fully saturated rings. The summed E-state index contributed by atoms with van der Waals surface area (Å²) in [6, 6.07) is 8.58. The van der Waals surface area contributed by atoms with Gasteiger partial charge in [-0.15, -0.1) is 0 Å². The van der Waals surface area contributed by atoms with Gasteiger partial charge in [-0.2, -0.15) is 0 Å². The Morgan fingerprint density at radius 2 is 1.91 bits per heavy atom. The number of ether oxygens (including phenoxy) is 1. The molecule has 1 aromatic heterocycles. The second-order valence-corrected chi connectivity index (χ2v) is 6.02. The fourth-order valence-electron chi connectivity index (χ4n) is 1.76. The number of aromatic nitrogens is 1. The van der Waals surface area contributed by atoms with Crippen LogP contribution in [0, 0.1) is 0 Å². The summed E-state index contributed by atoms with van der Waals surface area (Å²) in [6.07, 6.45) is 0. The molecule has 118 valence electrons. The normalized spacial score (nSPS) is 11.1. The van der Waals surface area contributed by atoms with E-state index in [0.717, 1.165) is 11.5 Å². The van der Waals surface area contributed by atoms with Gasteiger partial charge in [0.15, 0.2) is 5.82 Å². The van der Waals surface area contributed by atoms with Gasteiger partial charge in [0.05, 0.1) is 7.11 Å². The molecule has 1 aromatic carbocycles. The lowest BCUT2D eigenvalue weighted by Crippen LogP contribution is -2.31. The smallest absolute Gasteiger partial charge is 0.327 e. The topological polar surface area (TPSA) is 67.6 Å². The van der Waals surface area contributed by atoms with E-state index < -0.39 is 0 Å². The molecule has 0 aliphatic heterocycles. The Morgan fingerprint density at radius 1 is 1.27 bits per heavy atom. The molecular weight excluding hydrogens is 282 g/mol. The number of anilines is 2. The summed E-state index contributed by atoms with van der Waals surface area (Å²) in [5.41, 5.74) is 0.524. The van der Waals surface area contributed by atoms with Crippen molar-refractivity contribution >= 4 is 17.5 Å². The van der Waals surface area contributed by atoms with Crippen molar-refractivity contribution in [1.82, 2.24) is 5.16 Å². The number of nitrogens with zero attached hydrogens (tertiary/aromatic N) is 2. The van der Waals surface area contributed by atoms with Gasteiger partial charge in [-0.05, 0) is 24.3 Å². The molecule has 2 amide bonds. The Morgan fingerprint density at radius 3 is 2.41 bits per heavy atom. The third kappa shape index (κ3) is 3.58. The Kier molecular flexibility index (Phi) is 4.40. The number of rotatable bonds is 3. The first-order valence-electron chi connectivity index (χ1n) is 6.97. The van der Waals surface area contributed by atoms with Crippen molar-refractivity contribution in [3.63, 3.8) is 0 Å². The average Bonchev–Trinajstić information content (AvgIpc) is 2.97. The van der Waals surface area contributed by atoms with E-state index in [1.54, 1.807) is 44.5 Å².